The van der Waals surface area contributed by atoms with Crippen LogP contribution in [0.15, 0.2) is 78.8 Å². The van der Waals surface area contributed by atoms with E-state index in [4.69, 9.17) is 0 Å². The van der Waals surface area contributed by atoms with Crippen LogP contribution in [0.1, 0.15) is 19.3 Å². The molecule has 0 amide bonds. The van der Waals surface area contributed by atoms with Gasteiger partial charge in [0.05, 0.1) is 28.1 Å². The molecule has 3 N–H and O–H groups in total. The minimum atomic E-state index is 0.562. The minimum absolute atomic E-state index is 0.562. The summed E-state index contributed by atoms with van der Waals surface area (Å²) in [4.78, 5) is 18.4. The number of nitrogens with zero attached hydrogens (tertiary/aromatic N) is 4. The fourth-order valence-electron chi connectivity index (χ4n) is 4.77. The van der Waals surface area contributed by atoms with E-state index in [1.54, 1.807) is 11.3 Å². The third kappa shape index (κ3) is 3.58. The Kier molecular flexibility index (Phi) is 4.92. The molecule has 0 aromatic carbocycles. The van der Waals surface area contributed by atoms with Crippen molar-refractivity contribution in [2.75, 3.05) is 5.32 Å². The number of allylic oxidation sites excluding steroid dienone is 1. The second-order valence-electron chi connectivity index (χ2n) is 9.21. The third-order valence-corrected chi connectivity index (χ3v) is 7.83. The quantitative estimate of drug-likeness (QED) is 0.234. The van der Waals surface area contributed by atoms with Gasteiger partial charge >= 0.3 is 0 Å². The molecule has 7 nitrogen and oxygen atoms in total. The number of pyridine rings is 3. The van der Waals surface area contributed by atoms with Crippen molar-refractivity contribution in [3.63, 3.8) is 0 Å². The summed E-state index contributed by atoms with van der Waals surface area (Å²) < 4.78 is 0. The second-order valence-corrected chi connectivity index (χ2v) is 10.2. The number of aromatic amines is 2. The Labute approximate surface area is 211 Å². The van der Waals surface area contributed by atoms with Gasteiger partial charge in [-0.1, -0.05) is 19.1 Å². The van der Waals surface area contributed by atoms with E-state index in [-0.39, 0.29) is 0 Å². The first kappa shape index (κ1) is 21.0. The van der Waals surface area contributed by atoms with Gasteiger partial charge in [-0.2, -0.15) is 5.10 Å². The van der Waals surface area contributed by atoms with Gasteiger partial charge in [-0.05, 0) is 54.5 Å². The van der Waals surface area contributed by atoms with Gasteiger partial charge in [0, 0.05) is 51.7 Å². The fourth-order valence-corrected chi connectivity index (χ4v) is 5.50. The predicted octanol–water partition coefficient (Wildman–Crippen LogP) is 7.02. The Morgan fingerprint density at radius 3 is 2.75 bits per heavy atom. The average Bonchev–Trinajstić information content (AvgIpc) is 3.61. The summed E-state index contributed by atoms with van der Waals surface area (Å²) in [6.07, 6.45) is 11.1. The molecule has 1 saturated carbocycles. The Bertz CT molecular complexity index is 1720. The van der Waals surface area contributed by atoms with Crippen LogP contribution in [0.25, 0.3) is 55.0 Å². The summed E-state index contributed by atoms with van der Waals surface area (Å²) >= 11 is 1.69. The van der Waals surface area contributed by atoms with Crippen molar-refractivity contribution < 1.29 is 0 Å². The van der Waals surface area contributed by atoms with Crippen LogP contribution in [0.5, 0.6) is 0 Å². The van der Waals surface area contributed by atoms with Gasteiger partial charge in [-0.3, -0.25) is 15.1 Å². The number of thiophene rings is 1. The molecule has 6 aromatic rings. The normalized spacial score (nSPS) is 13.8. The monoisotopic (exact) mass is 489 g/mol. The predicted molar refractivity (Wildman–Crippen MR) is 146 cm³/mol. The van der Waals surface area contributed by atoms with Crippen molar-refractivity contribution in [3.05, 3.63) is 78.8 Å². The number of hydrogen-bond donors (Lipinski definition) is 3. The first-order valence-electron chi connectivity index (χ1n) is 12.0. The number of rotatable bonds is 6. The lowest BCUT2D eigenvalue weighted by Crippen LogP contribution is -2.18. The van der Waals surface area contributed by atoms with Gasteiger partial charge < -0.3 is 10.3 Å². The molecule has 36 heavy (non-hydrogen) atoms. The maximum atomic E-state index is 4.65. The van der Waals surface area contributed by atoms with E-state index in [1.165, 1.54) is 19.3 Å². The zero-order chi connectivity index (χ0) is 24.1. The van der Waals surface area contributed by atoms with Crippen LogP contribution in [0, 0.1) is 5.92 Å². The first-order chi connectivity index (χ1) is 17.7. The lowest BCUT2D eigenvalue weighted by molar-refractivity contribution is 0.371. The Morgan fingerprint density at radius 1 is 1.00 bits per heavy atom. The van der Waals surface area contributed by atoms with Crippen molar-refractivity contribution in [3.8, 4) is 33.1 Å². The summed E-state index contributed by atoms with van der Waals surface area (Å²) in [6, 6.07) is 12.5. The topological polar surface area (TPSA) is 95.2 Å². The molecule has 1 fully saturated rings. The number of aromatic nitrogens is 6. The van der Waals surface area contributed by atoms with E-state index < -0.39 is 0 Å². The number of H-pyrrole nitrogens is 2. The molecule has 0 atom stereocenters. The summed E-state index contributed by atoms with van der Waals surface area (Å²) in [7, 11) is 0. The fraction of sp³-hybridized carbons (Fsp3) is 0.143. The van der Waals surface area contributed by atoms with Crippen LogP contribution in [0.2, 0.25) is 0 Å². The zero-order valence-electron chi connectivity index (χ0n) is 19.5. The maximum absolute atomic E-state index is 4.65. The van der Waals surface area contributed by atoms with Gasteiger partial charge in [0.1, 0.15) is 5.69 Å². The van der Waals surface area contributed by atoms with Gasteiger partial charge in [-0.15, -0.1) is 11.3 Å². The van der Waals surface area contributed by atoms with Crippen LogP contribution >= 0.6 is 11.3 Å². The molecular weight excluding hydrogens is 466 g/mol. The maximum Gasteiger partial charge on any atom is 0.155 e. The van der Waals surface area contributed by atoms with Crippen LogP contribution in [0.4, 0.5) is 5.69 Å². The van der Waals surface area contributed by atoms with Crippen LogP contribution in [-0.2, 0) is 0 Å². The van der Waals surface area contributed by atoms with E-state index in [9.17, 15) is 0 Å². The number of nitrogens with one attached hydrogen (secondary N) is 3. The van der Waals surface area contributed by atoms with Gasteiger partial charge in [0.25, 0.3) is 0 Å². The molecule has 1 aliphatic rings. The van der Waals surface area contributed by atoms with Crippen LogP contribution in [0.3, 0.4) is 0 Å². The molecular formula is C28H23N7S. The second kappa shape index (κ2) is 8.42. The SMILES string of the molecule is C=C(Nc1cncc(-c2cnc3[nH]nc(-c4cc5c(-c6cccs6)nccc5[nH]4)c3c2)c1)C1CCC1. The molecule has 0 unspecified atom stereocenters. The highest BCUT2D eigenvalue weighted by atomic mass is 32.1. The van der Waals surface area contributed by atoms with Crippen LogP contribution < -0.4 is 5.32 Å². The molecule has 8 heteroatoms. The lowest BCUT2D eigenvalue weighted by atomic mass is 9.83. The Morgan fingerprint density at radius 2 is 1.92 bits per heavy atom. The van der Waals surface area contributed by atoms with Crippen molar-refractivity contribution in [2.24, 2.45) is 5.92 Å². The average molecular weight is 490 g/mol. The van der Waals surface area contributed by atoms with Crippen molar-refractivity contribution in [2.45, 2.75) is 19.3 Å². The van der Waals surface area contributed by atoms with Gasteiger partial charge in [-0.25, -0.2) is 4.98 Å². The molecule has 0 saturated heterocycles. The third-order valence-electron chi connectivity index (χ3n) is 6.95. The highest BCUT2D eigenvalue weighted by Crippen LogP contribution is 2.36. The zero-order valence-corrected chi connectivity index (χ0v) is 20.3. The lowest BCUT2D eigenvalue weighted by Gasteiger charge is -2.28. The van der Waals surface area contributed by atoms with E-state index in [1.807, 2.05) is 36.9 Å². The molecule has 1 aliphatic carbocycles. The van der Waals surface area contributed by atoms with Crippen molar-refractivity contribution in [1.29, 1.82) is 0 Å². The van der Waals surface area contributed by atoms with Crippen molar-refractivity contribution in [1.82, 2.24) is 30.1 Å². The summed E-state index contributed by atoms with van der Waals surface area (Å²) in [5, 5.41) is 15.2. The largest absolute Gasteiger partial charge is 0.358 e. The first-order valence-corrected chi connectivity index (χ1v) is 12.9. The standard InChI is InChI=1S/C28H23N7S/c1-16(17-4-2-5-17)32-20-10-18(13-29-15-20)19-11-22-26(34-35-28(22)31-14-19)24-12-21-23(33-24)7-8-30-27(21)25-6-3-9-36-25/h3,6-15,17,32-33H,1-2,4-5H2,(H,31,34,35). The Balaban J connectivity index is 1.26. The summed E-state index contributed by atoms with van der Waals surface area (Å²) in [5.41, 5.74) is 8.48. The van der Waals surface area contributed by atoms with Gasteiger partial charge in [0.15, 0.2) is 5.65 Å². The highest BCUT2D eigenvalue weighted by Gasteiger charge is 2.21. The highest BCUT2D eigenvalue weighted by molar-refractivity contribution is 7.13. The molecule has 6 aromatic heterocycles. The Hall–Kier alpha value is -4.30. The number of fused-ring (bicyclic) bond motifs is 2. The number of hydrogen-bond acceptors (Lipinski definition) is 6. The molecule has 0 spiro atoms. The smallest absolute Gasteiger partial charge is 0.155 e. The van der Waals surface area contributed by atoms with Crippen molar-refractivity contribution >= 4 is 39.0 Å². The van der Waals surface area contributed by atoms with Crippen LogP contribution in [-0.4, -0.2) is 30.1 Å². The number of anilines is 1. The minimum Gasteiger partial charge on any atom is -0.358 e. The molecule has 7 rings (SSSR count). The molecule has 176 valence electrons. The molecule has 6 heterocycles. The van der Waals surface area contributed by atoms with E-state index >= 15 is 0 Å². The van der Waals surface area contributed by atoms with E-state index in [0.717, 1.165) is 66.4 Å². The summed E-state index contributed by atoms with van der Waals surface area (Å²) in [6.45, 7) is 4.22. The van der Waals surface area contributed by atoms with E-state index in [2.05, 4.69) is 71.7 Å². The van der Waals surface area contributed by atoms with E-state index in [0.29, 0.717) is 5.92 Å². The molecule has 0 aliphatic heterocycles. The molecule has 0 radical (unpaired) electrons. The molecule has 0 bridgehead atoms. The summed E-state index contributed by atoms with van der Waals surface area (Å²) in [5.74, 6) is 0.562. The van der Waals surface area contributed by atoms with Gasteiger partial charge in [0.2, 0.25) is 0 Å².